The van der Waals surface area contributed by atoms with Crippen LogP contribution in [0.5, 0.6) is 0 Å². The van der Waals surface area contributed by atoms with Crippen molar-refractivity contribution in [1.29, 1.82) is 0 Å². The van der Waals surface area contributed by atoms with E-state index in [0.717, 1.165) is 53.1 Å². The normalized spacial score (nSPS) is 19.6. The van der Waals surface area contributed by atoms with Crippen molar-refractivity contribution in [3.63, 3.8) is 0 Å². The number of rotatable bonds is 6. The van der Waals surface area contributed by atoms with E-state index >= 15 is 0 Å². The Hall–Kier alpha value is -4.31. The molecule has 2 aliphatic rings. The van der Waals surface area contributed by atoms with E-state index in [-0.39, 0.29) is 5.82 Å². The Morgan fingerprint density at radius 1 is 1.05 bits per heavy atom. The second kappa shape index (κ2) is 9.16. The molecule has 4 N–H and O–H groups in total. The monoisotopic (exact) mass is 523 g/mol. The van der Waals surface area contributed by atoms with E-state index in [1.165, 1.54) is 25.0 Å². The van der Waals surface area contributed by atoms with Gasteiger partial charge in [0.15, 0.2) is 5.82 Å². The standard InChI is InChI=1S/C29H30FN9/c30-21-4-2-19(3-5-21)23-14-20(16-38-18-35-27-24(38)8-11-33-28(27)31)25(15-34-23)37-12-1-10-29(32,17-37)26-9-13-39(36-26)22-6-7-22/h2-5,8-9,11,13-15,18,22H,1,6-7,10,12,16-17,32H2,(H2,31,33). The fraction of sp³-hybridized carbons (Fsp3) is 0.310. The highest BCUT2D eigenvalue weighted by atomic mass is 19.1. The van der Waals surface area contributed by atoms with Crippen LogP contribution in [-0.2, 0) is 12.1 Å². The molecule has 5 aromatic rings. The zero-order chi connectivity index (χ0) is 26.6. The lowest BCUT2D eigenvalue weighted by Crippen LogP contribution is -2.52. The third-order valence-corrected chi connectivity index (χ3v) is 7.92. The summed E-state index contributed by atoms with van der Waals surface area (Å²) in [5, 5.41) is 4.87. The molecule has 0 amide bonds. The summed E-state index contributed by atoms with van der Waals surface area (Å²) in [5.41, 5.74) is 18.8. The Morgan fingerprint density at radius 3 is 2.72 bits per heavy atom. The van der Waals surface area contributed by atoms with Crippen LogP contribution in [0, 0.1) is 5.82 Å². The molecule has 1 saturated carbocycles. The van der Waals surface area contributed by atoms with Crippen LogP contribution >= 0.6 is 0 Å². The maximum absolute atomic E-state index is 13.6. The number of halogens is 1. The summed E-state index contributed by atoms with van der Waals surface area (Å²) in [5.74, 6) is 0.131. The van der Waals surface area contributed by atoms with Gasteiger partial charge in [-0.2, -0.15) is 5.10 Å². The van der Waals surface area contributed by atoms with E-state index in [4.69, 9.17) is 21.5 Å². The SMILES string of the molecule is Nc1nccc2c1ncn2Cc1cc(-c2ccc(F)cc2)ncc1N1CCCC(N)(c2ccn(C3CC3)n2)C1. The minimum absolute atomic E-state index is 0.275. The number of pyridine rings is 2. The molecule has 39 heavy (non-hydrogen) atoms. The summed E-state index contributed by atoms with van der Waals surface area (Å²) in [7, 11) is 0. The third kappa shape index (κ3) is 4.40. The topological polar surface area (TPSA) is 117 Å². The summed E-state index contributed by atoms with van der Waals surface area (Å²) >= 11 is 0. The minimum atomic E-state index is -0.549. The third-order valence-electron chi connectivity index (χ3n) is 7.92. The number of benzene rings is 1. The van der Waals surface area contributed by atoms with Gasteiger partial charge in [0.1, 0.15) is 11.3 Å². The molecule has 1 aromatic carbocycles. The van der Waals surface area contributed by atoms with E-state index in [1.807, 2.05) is 12.3 Å². The smallest absolute Gasteiger partial charge is 0.151 e. The number of nitrogens with zero attached hydrogens (tertiary/aromatic N) is 7. The molecule has 9 nitrogen and oxygen atoms in total. The van der Waals surface area contributed by atoms with Gasteiger partial charge in [0.2, 0.25) is 0 Å². The minimum Gasteiger partial charge on any atom is -0.382 e. The highest BCUT2D eigenvalue weighted by Crippen LogP contribution is 2.37. The van der Waals surface area contributed by atoms with Crippen molar-refractivity contribution in [2.75, 3.05) is 23.7 Å². The summed E-state index contributed by atoms with van der Waals surface area (Å²) in [6.07, 6.45) is 11.7. The van der Waals surface area contributed by atoms with Crippen molar-refractivity contribution in [2.45, 2.75) is 43.8 Å². The first-order valence-corrected chi connectivity index (χ1v) is 13.4. The van der Waals surface area contributed by atoms with Crippen LogP contribution < -0.4 is 16.4 Å². The van der Waals surface area contributed by atoms with Crippen molar-refractivity contribution >= 4 is 22.5 Å². The van der Waals surface area contributed by atoms with Gasteiger partial charge in [0.05, 0.1) is 53.2 Å². The molecule has 1 saturated heterocycles. The van der Waals surface area contributed by atoms with Crippen molar-refractivity contribution in [2.24, 2.45) is 5.73 Å². The highest BCUT2D eigenvalue weighted by molar-refractivity contribution is 5.84. The number of imidazole rings is 1. The number of nitrogens with two attached hydrogens (primary N) is 2. The zero-order valence-corrected chi connectivity index (χ0v) is 21.5. The summed E-state index contributed by atoms with van der Waals surface area (Å²) in [6.45, 7) is 2.06. The number of aromatic nitrogens is 6. The Kier molecular flexibility index (Phi) is 5.59. The lowest BCUT2D eigenvalue weighted by molar-refractivity contribution is 0.341. The molecule has 1 aliphatic heterocycles. The summed E-state index contributed by atoms with van der Waals surface area (Å²) in [6, 6.07) is 13.0. The van der Waals surface area contributed by atoms with E-state index < -0.39 is 5.54 Å². The molecule has 1 unspecified atom stereocenters. The molecule has 10 heteroatoms. The largest absolute Gasteiger partial charge is 0.382 e. The quantitative estimate of drug-likeness (QED) is 0.342. The van der Waals surface area contributed by atoms with Crippen LogP contribution in [-0.4, -0.2) is 42.4 Å². The molecule has 7 rings (SSSR count). The predicted molar refractivity (Wildman–Crippen MR) is 148 cm³/mol. The van der Waals surface area contributed by atoms with Gasteiger partial charge in [-0.15, -0.1) is 0 Å². The number of fused-ring (bicyclic) bond motifs is 1. The molecule has 4 aromatic heterocycles. The van der Waals surface area contributed by atoms with Gasteiger partial charge >= 0.3 is 0 Å². The van der Waals surface area contributed by atoms with Crippen molar-refractivity contribution in [3.05, 3.63) is 84.5 Å². The van der Waals surface area contributed by atoms with E-state index in [0.29, 0.717) is 30.5 Å². The van der Waals surface area contributed by atoms with Crippen molar-refractivity contribution in [1.82, 2.24) is 29.3 Å². The molecule has 2 fully saturated rings. The molecule has 1 atom stereocenters. The van der Waals surface area contributed by atoms with Gasteiger partial charge in [-0.3, -0.25) is 9.67 Å². The van der Waals surface area contributed by atoms with Gasteiger partial charge in [-0.05, 0) is 73.7 Å². The number of piperidine rings is 1. The lowest BCUT2D eigenvalue weighted by Gasteiger charge is -2.41. The first kappa shape index (κ1) is 23.8. The molecular weight excluding hydrogens is 493 g/mol. The van der Waals surface area contributed by atoms with Gasteiger partial charge in [0.25, 0.3) is 0 Å². The predicted octanol–water partition coefficient (Wildman–Crippen LogP) is 4.25. The highest BCUT2D eigenvalue weighted by Gasteiger charge is 2.37. The van der Waals surface area contributed by atoms with E-state index in [1.54, 1.807) is 24.7 Å². The fourth-order valence-electron chi connectivity index (χ4n) is 5.65. The number of nitrogen functional groups attached to an aromatic ring is 1. The van der Waals surface area contributed by atoms with Gasteiger partial charge in [0, 0.05) is 31.0 Å². The molecule has 5 heterocycles. The van der Waals surface area contributed by atoms with Gasteiger partial charge < -0.3 is 20.9 Å². The maximum Gasteiger partial charge on any atom is 0.151 e. The second-order valence-corrected chi connectivity index (χ2v) is 10.7. The molecule has 0 bridgehead atoms. The molecule has 198 valence electrons. The lowest BCUT2D eigenvalue weighted by atomic mass is 9.86. The molecule has 0 spiro atoms. The average Bonchev–Trinajstić information content (AvgIpc) is 3.51. The zero-order valence-electron chi connectivity index (χ0n) is 21.5. The number of anilines is 2. The first-order chi connectivity index (χ1) is 19.0. The maximum atomic E-state index is 13.6. The van der Waals surface area contributed by atoms with Crippen LogP contribution in [0.4, 0.5) is 15.9 Å². The number of hydrogen-bond acceptors (Lipinski definition) is 7. The van der Waals surface area contributed by atoms with Crippen molar-refractivity contribution in [3.8, 4) is 11.3 Å². The van der Waals surface area contributed by atoms with Crippen LogP contribution in [0.25, 0.3) is 22.3 Å². The number of hydrogen-bond donors (Lipinski definition) is 2. The Morgan fingerprint density at radius 2 is 1.90 bits per heavy atom. The van der Waals surface area contributed by atoms with Gasteiger partial charge in [-0.25, -0.2) is 14.4 Å². The summed E-state index contributed by atoms with van der Waals surface area (Å²) in [4.78, 5) is 15.8. The Bertz CT molecular complexity index is 1650. The van der Waals surface area contributed by atoms with Crippen LogP contribution in [0.2, 0.25) is 0 Å². The average molecular weight is 524 g/mol. The first-order valence-electron chi connectivity index (χ1n) is 13.4. The second-order valence-electron chi connectivity index (χ2n) is 10.7. The van der Waals surface area contributed by atoms with Crippen molar-refractivity contribution < 1.29 is 4.39 Å². The van der Waals surface area contributed by atoms with Crippen LogP contribution in [0.3, 0.4) is 0 Å². The molecule has 1 aliphatic carbocycles. The Balaban J connectivity index is 1.27. The summed E-state index contributed by atoms with van der Waals surface area (Å²) < 4.78 is 17.7. The molecule has 0 radical (unpaired) electrons. The van der Waals surface area contributed by atoms with Crippen LogP contribution in [0.1, 0.15) is 43.0 Å². The fourth-order valence-corrected chi connectivity index (χ4v) is 5.65. The van der Waals surface area contributed by atoms with Crippen LogP contribution in [0.15, 0.2) is 67.4 Å². The van der Waals surface area contributed by atoms with E-state index in [9.17, 15) is 4.39 Å². The Labute approximate surface area is 225 Å². The molecular formula is C29H30FN9. The van der Waals surface area contributed by atoms with Gasteiger partial charge in [-0.1, -0.05) is 0 Å². The van der Waals surface area contributed by atoms with E-state index in [2.05, 4.69) is 42.4 Å².